The molecule has 1 heterocycles. The van der Waals surface area contributed by atoms with E-state index >= 15 is 0 Å². The van der Waals surface area contributed by atoms with Crippen LogP contribution in [0.4, 0.5) is 17.6 Å². The summed E-state index contributed by atoms with van der Waals surface area (Å²) in [7, 11) is 0. The molecule has 0 aliphatic heterocycles. The fourth-order valence-electron chi connectivity index (χ4n) is 1.41. The van der Waals surface area contributed by atoms with Gasteiger partial charge in [0.15, 0.2) is 23.3 Å². The van der Waals surface area contributed by atoms with Gasteiger partial charge in [-0.1, -0.05) is 0 Å². The fourth-order valence-corrected chi connectivity index (χ4v) is 2.43. The molecule has 9 heteroatoms. The third-order valence-corrected chi connectivity index (χ3v) is 3.40. The summed E-state index contributed by atoms with van der Waals surface area (Å²) in [5.74, 6) is -9.98. The fraction of sp³-hybridized carbons (Fsp3) is 0. The Bertz CT molecular complexity index is 687. The number of thiazole rings is 1. The molecule has 0 unspecified atom stereocenters. The van der Waals surface area contributed by atoms with Gasteiger partial charge in [0, 0.05) is 0 Å². The van der Waals surface area contributed by atoms with Gasteiger partial charge in [0.05, 0.1) is 16.0 Å². The molecule has 0 bridgehead atoms. The van der Waals surface area contributed by atoms with Crippen LogP contribution >= 0.6 is 24.0 Å². The quantitative estimate of drug-likeness (QED) is 0.387. The standard InChI is InChI=1S/C10H3F4NO2S2/c11-5-3(9-15-1-2(18)19-9)4(10(16)17)6(12)8(14)7(5)13/h1,18H,(H,16,17). The minimum atomic E-state index is -2.18. The topological polar surface area (TPSA) is 50.2 Å². The molecule has 100 valence electrons. The van der Waals surface area contributed by atoms with Gasteiger partial charge >= 0.3 is 5.97 Å². The van der Waals surface area contributed by atoms with E-state index in [1.807, 2.05) is 0 Å². The molecule has 2 aromatic rings. The summed E-state index contributed by atoms with van der Waals surface area (Å²) in [4.78, 5) is 14.5. The number of carbonyl (C=O) groups is 1. The normalized spacial score (nSPS) is 10.8. The summed E-state index contributed by atoms with van der Waals surface area (Å²) in [5.41, 5.74) is -2.24. The summed E-state index contributed by atoms with van der Waals surface area (Å²) < 4.78 is 53.6. The lowest BCUT2D eigenvalue weighted by Crippen LogP contribution is -2.11. The van der Waals surface area contributed by atoms with Crippen molar-refractivity contribution in [3.05, 3.63) is 35.0 Å². The van der Waals surface area contributed by atoms with E-state index < -0.39 is 40.4 Å². The van der Waals surface area contributed by atoms with Crippen molar-refractivity contribution >= 4 is 29.9 Å². The number of hydrogen-bond acceptors (Lipinski definition) is 4. The number of halogens is 4. The Morgan fingerprint density at radius 1 is 1.16 bits per heavy atom. The maximum Gasteiger partial charge on any atom is 0.339 e. The first-order valence-electron chi connectivity index (χ1n) is 4.59. The van der Waals surface area contributed by atoms with Gasteiger partial charge in [0.25, 0.3) is 0 Å². The average Bonchev–Trinajstić information content (AvgIpc) is 2.76. The lowest BCUT2D eigenvalue weighted by Gasteiger charge is -2.08. The smallest absolute Gasteiger partial charge is 0.339 e. The summed E-state index contributed by atoms with van der Waals surface area (Å²) in [6, 6.07) is 0. The molecule has 1 aromatic carbocycles. The SMILES string of the molecule is O=C(O)c1c(F)c(F)c(F)c(F)c1-c1ncc(S)s1. The first-order valence-corrected chi connectivity index (χ1v) is 5.85. The third-order valence-electron chi connectivity index (χ3n) is 2.19. The van der Waals surface area contributed by atoms with Gasteiger partial charge in [0.1, 0.15) is 10.6 Å². The maximum absolute atomic E-state index is 13.7. The van der Waals surface area contributed by atoms with E-state index in [9.17, 15) is 22.4 Å². The lowest BCUT2D eigenvalue weighted by molar-refractivity contribution is 0.0690. The number of aromatic carboxylic acids is 1. The molecule has 0 saturated carbocycles. The van der Waals surface area contributed by atoms with E-state index in [4.69, 9.17) is 5.11 Å². The Kier molecular flexibility index (Phi) is 3.50. The van der Waals surface area contributed by atoms with Gasteiger partial charge in [-0.3, -0.25) is 0 Å². The van der Waals surface area contributed by atoms with E-state index in [0.717, 1.165) is 6.20 Å². The van der Waals surface area contributed by atoms with Crippen molar-refractivity contribution in [3.8, 4) is 10.6 Å². The zero-order valence-corrected chi connectivity index (χ0v) is 10.5. The Morgan fingerprint density at radius 3 is 2.21 bits per heavy atom. The van der Waals surface area contributed by atoms with Crippen molar-refractivity contribution in [1.82, 2.24) is 4.98 Å². The molecular formula is C10H3F4NO2S2. The van der Waals surface area contributed by atoms with Gasteiger partial charge in [-0.05, 0) is 0 Å². The summed E-state index contributed by atoms with van der Waals surface area (Å²) >= 11 is 4.58. The monoisotopic (exact) mass is 309 g/mol. The zero-order chi connectivity index (χ0) is 14.3. The van der Waals surface area contributed by atoms with Crippen LogP contribution < -0.4 is 0 Å². The predicted molar refractivity (Wildman–Crippen MR) is 61.6 cm³/mol. The second kappa shape index (κ2) is 4.82. The van der Waals surface area contributed by atoms with Crippen LogP contribution in [-0.2, 0) is 0 Å². The molecule has 1 N–H and O–H groups in total. The van der Waals surface area contributed by atoms with Crippen LogP contribution in [0.5, 0.6) is 0 Å². The second-order valence-electron chi connectivity index (χ2n) is 3.31. The van der Waals surface area contributed by atoms with E-state index in [0.29, 0.717) is 11.3 Å². The van der Waals surface area contributed by atoms with Crippen molar-refractivity contribution in [3.63, 3.8) is 0 Å². The number of carboxylic acid groups (broad SMARTS) is 1. The van der Waals surface area contributed by atoms with Crippen molar-refractivity contribution in [2.45, 2.75) is 4.21 Å². The van der Waals surface area contributed by atoms with Crippen molar-refractivity contribution in [2.24, 2.45) is 0 Å². The molecule has 0 fully saturated rings. The molecule has 19 heavy (non-hydrogen) atoms. The molecular weight excluding hydrogens is 306 g/mol. The minimum absolute atomic E-state index is 0.274. The zero-order valence-electron chi connectivity index (χ0n) is 8.75. The van der Waals surface area contributed by atoms with Crippen LogP contribution in [0.3, 0.4) is 0 Å². The molecule has 0 amide bonds. The third kappa shape index (κ3) is 2.19. The van der Waals surface area contributed by atoms with Crippen LogP contribution in [-0.4, -0.2) is 16.1 Å². The molecule has 1 aromatic heterocycles. The number of thiol groups is 1. The number of aromatic nitrogens is 1. The predicted octanol–water partition coefficient (Wildman–Crippen LogP) is 3.35. The highest BCUT2D eigenvalue weighted by molar-refractivity contribution is 7.83. The van der Waals surface area contributed by atoms with Crippen LogP contribution in [0.1, 0.15) is 10.4 Å². The molecule has 0 aliphatic rings. The number of hydrogen-bond donors (Lipinski definition) is 2. The molecule has 3 nitrogen and oxygen atoms in total. The molecule has 0 atom stereocenters. The summed E-state index contributed by atoms with van der Waals surface area (Å²) in [6.07, 6.45) is 1.15. The van der Waals surface area contributed by atoms with Gasteiger partial charge in [0.2, 0.25) is 0 Å². The summed E-state index contributed by atoms with van der Waals surface area (Å²) in [6.45, 7) is 0. The lowest BCUT2D eigenvalue weighted by atomic mass is 10.1. The van der Waals surface area contributed by atoms with Crippen LogP contribution in [0.2, 0.25) is 0 Å². The Hall–Kier alpha value is -1.61. The van der Waals surface area contributed by atoms with E-state index in [1.165, 1.54) is 0 Å². The first-order chi connectivity index (χ1) is 8.84. The highest BCUT2D eigenvalue weighted by atomic mass is 32.2. The van der Waals surface area contributed by atoms with E-state index in [-0.39, 0.29) is 9.22 Å². The number of carboxylic acids is 1. The van der Waals surface area contributed by atoms with Gasteiger partial charge < -0.3 is 5.11 Å². The second-order valence-corrected chi connectivity index (χ2v) is 5.13. The van der Waals surface area contributed by atoms with Crippen LogP contribution in [0, 0.1) is 23.3 Å². The number of nitrogens with zero attached hydrogens (tertiary/aromatic N) is 1. The minimum Gasteiger partial charge on any atom is -0.478 e. The number of rotatable bonds is 2. The number of benzene rings is 1. The van der Waals surface area contributed by atoms with Crippen molar-refractivity contribution in [1.29, 1.82) is 0 Å². The molecule has 0 saturated heterocycles. The highest BCUT2D eigenvalue weighted by Gasteiger charge is 2.31. The Balaban J connectivity index is 2.89. The Morgan fingerprint density at radius 2 is 1.74 bits per heavy atom. The molecule has 0 spiro atoms. The van der Waals surface area contributed by atoms with Crippen LogP contribution in [0.15, 0.2) is 10.4 Å². The van der Waals surface area contributed by atoms with E-state index in [2.05, 4.69) is 17.6 Å². The molecule has 2 rings (SSSR count). The van der Waals surface area contributed by atoms with Gasteiger partial charge in [-0.25, -0.2) is 27.3 Å². The summed E-state index contributed by atoms with van der Waals surface area (Å²) in [5, 5.41) is 8.51. The maximum atomic E-state index is 13.7. The van der Waals surface area contributed by atoms with Crippen molar-refractivity contribution < 1.29 is 27.5 Å². The molecule has 0 aliphatic carbocycles. The van der Waals surface area contributed by atoms with E-state index in [1.54, 1.807) is 0 Å². The molecule has 0 radical (unpaired) electrons. The van der Waals surface area contributed by atoms with Gasteiger partial charge in [-0.2, -0.15) is 0 Å². The highest BCUT2D eigenvalue weighted by Crippen LogP contribution is 2.35. The van der Waals surface area contributed by atoms with Crippen LogP contribution in [0.25, 0.3) is 10.6 Å². The first kappa shape index (κ1) is 13.8. The largest absolute Gasteiger partial charge is 0.478 e. The van der Waals surface area contributed by atoms with Crippen molar-refractivity contribution in [2.75, 3.05) is 0 Å². The Labute approximate surface area is 112 Å². The van der Waals surface area contributed by atoms with Gasteiger partial charge in [-0.15, -0.1) is 24.0 Å². The average molecular weight is 309 g/mol.